The third-order valence-electron chi connectivity index (χ3n) is 2.03. The average Bonchev–Trinajstić information content (AvgIpc) is 2.15. The largest absolute Gasteiger partial charge is 0.508 e. The standard InChI is InChI=1S/C12H18OS/c1-10(2)4-3-9-14-12-7-5-11(13)6-8-12/h5-8,10,13H,3-4,9H2,1-2H3. The normalized spacial score (nSPS) is 10.8. The number of rotatable bonds is 5. The predicted molar refractivity (Wildman–Crippen MR) is 62.9 cm³/mol. The first-order valence-corrected chi connectivity index (χ1v) is 6.09. The number of phenols is 1. The number of hydrogen-bond donors (Lipinski definition) is 1. The molecule has 0 radical (unpaired) electrons. The fourth-order valence-corrected chi connectivity index (χ4v) is 2.10. The topological polar surface area (TPSA) is 20.2 Å². The van der Waals surface area contributed by atoms with Gasteiger partial charge in [0.2, 0.25) is 0 Å². The number of thioether (sulfide) groups is 1. The van der Waals surface area contributed by atoms with Gasteiger partial charge in [0.15, 0.2) is 0 Å². The summed E-state index contributed by atoms with van der Waals surface area (Å²) >= 11 is 1.86. The lowest BCUT2D eigenvalue weighted by Crippen LogP contribution is -1.88. The van der Waals surface area contributed by atoms with Crippen LogP contribution >= 0.6 is 11.8 Å². The maximum absolute atomic E-state index is 9.09. The molecule has 0 bridgehead atoms. The van der Waals surface area contributed by atoms with Gasteiger partial charge in [-0.3, -0.25) is 0 Å². The van der Waals surface area contributed by atoms with Crippen LogP contribution in [-0.4, -0.2) is 10.9 Å². The van der Waals surface area contributed by atoms with Crippen LogP contribution in [0.1, 0.15) is 26.7 Å². The van der Waals surface area contributed by atoms with Crippen molar-refractivity contribution in [2.45, 2.75) is 31.6 Å². The molecular formula is C12H18OS. The molecule has 0 saturated carbocycles. The van der Waals surface area contributed by atoms with Gasteiger partial charge >= 0.3 is 0 Å². The zero-order chi connectivity index (χ0) is 10.4. The minimum absolute atomic E-state index is 0.344. The summed E-state index contributed by atoms with van der Waals surface area (Å²) in [4.78, 5) is 1.24. The molecule has 0 spiro atoms. The fourth-order valence-electron chi connectivity index (χ4n) is 1.22. The Bertz CT molecular complexity index is 254. The molecule has 0 aliphatic rings. The van der Waals surface area contributed by atoms with Crippen LogP contribution in [0.5, 0.6) is 5.75 Å². The van der Waals surface area contributed by atoms with E-state index >= 15 is 0 Å². The van der Waals surface area contributed by atoms with Gasteiger partial charge < -0.3 is 5.11 Å². The Morgan fingerprint density at radius 3 is 2.43 bits per heavy atom. The average molecular weight is 210 g/mol. The Hall–Kier alpha value is -0.630. The molecule has 2 heteroatoms. The molecular weight excluding hydrogens is 192 g/mol. The van der Waals surface area contributed by atoms with Crippen molar-refractivity contribution in [1.82, 2.24) is 0 Å². The molecule has 1 aromatic rings. The van der Waals surface area contributed by atoms with Crippen molar-refractivity contribution < 1.29 is 5.11 Å². The summed E-state index contributed by atoms with van der Waals surface area (Å²) in [6.07, 6.45) is 2.56. The third-order valence-corrected chi connectivity index (χ3v) is 3.13. The lowest BCUT2D eigenvalue weighted by Gasteiger charge is -2.04. The molecule has 0 amide bonds. The third kappa shape index (κ3) is 4.56. The van der Waals surface area contributed by atoms with Gasteiger partial charge in [0, 0.05) is 4.90 Å². The quantitative estimate of drug-likeness (QED) is 0.587. The number of phenolic OH excluding ortho intramolecular Hbond substituents is 1. The zero-order valence-electron chi connectivity index (χ0n) is 8.86. The van der Waals surface area contributed by atoms with Crippen LogP contribution in [0.15, 0.2) is 29.2 Å². The van der Waals surface area contributed by atoms with Gasteiger partial charge in [0.05, 0.1) is 0 Å². The van der Waals surface area contributed by atoms with Crippen molar-refractivity contribution in [3.63, 3.8) is 0 Å². The first-order valence-electron chi connectivity index (χ1n) is 5.10. The first-order chi connectivity index (χ1) is 6.68. The van der Waals surface area contributed by atoms with Crippen molar-refractivity contribution in [3.05, 3.63) is 24.3 Å². The molecule has 0 saturated heterocycles. The van der Waals surface area contributed by atoms with Crippen molar-refractivity contribution in [2.75, 3.05) is 5.75 Å². The number of benzene rings is 1. The van der Waals surface area contributed by atoms with Crippen LogP contribution in [-0.2, 0) is 0 Å². The highest BCUT2D eigenvalue weighted by atomic mass is 32.2. The molecule has 1 aromatic carbocycles. The summed E-state index contributed by atoms with van der Waals surface area (Å²) in [5.41, 5.74) is 0. The molecule has 1 rings (SSSR count). The van der Waals surface area contributed by atoms with E-state index in [1.807, 2.05) is 23.9 Å². The lowest BCUT2D eigenvalue weighted by molar-refractivity contribution is 0.475. The fraction of sp³-hybridized carbons (Fsp3) is 0.500. The van der Waals surface area contributed by atoms with Gasteiger partial charge in [-0.15, -0.1) is 11.8 Å². The van der Waals surface area contributed by atoms with E-state index in [1.165, 1.54) is 23.5 Å². The summed E-state index contributed by atoms with van der Waals surface area (Å²) in [7, 11) is 0. The highest BCUT2D eigenvalue weighted by Crippen LogP contribution is 2.22. The zero-order valence-corrected chi connectivity index (χ0v) is 9.68. The van der Waals surface area contributed by atoms with Crippen molar-refractivity contribution in [2.24, 2.45) is 5.92 Å². The van der Waals surface area contributed by atoms with Gasteiger partial charge in [-0.2, -0.15) is 0 Å². The Labute approximate surface area is 90.5 Å². The number of aromatic hydroxyl groups is 1. The molecule has 0 fully saturated rings. The SMILES string of the molecule is CC(C)CCCSc1ccc(O)cc1. The molecule has 0 aliphatic heterocycles. The molecule has 0 aromatic heterocycles. The highest BCUT2D eigenvalue weighted by Gasteiger charge is 1.96. The minimum Gasteiger partial charge on any atom is -0.508 e. The Morgan fingerprint density at radius 2 is 1.86 bits per heavy atom. The molecule has 14 heavy (non-hydrogen) atoms. The van der Waals surface area contributed by atoms with E-state index in [4.69, 9.17) is 5.11 Å². The molecule has 1 N–H and O–H groups in total. The minimum atomic E-state index is 0.344. The van der Waals surface area contributed by atoms with E-state index in [2.05, 4.69) is 13.8 Å². The predicted octanol–water partition coefficient (Wildman–Crippen LogP) is 3.92. The van der Waals surface area contributed by atoms with Crippen molar-refractivity contribution in [3.8, 4) is 5.75 Å². The molecule has 78 valence electrons. The van der Waals surface area contributed by atoms with Crippen molar-refractivity contribution >= 4 is 11.8 Å². The van der Waals surface area contributed by atoms with Crippen LogP contribution in [0.3, 0.4) is 0 Å². The second kappa shape index (κ2) is 5.97. The molecule has 0 atom stereocenters. The molecule has 1 nitrogen and oxygen atoms in total. The smallest absolute Gasteiger partial charge is 0.115 e. The maximum atomic E-state index is 9.09. The molecule has 0 heterocycles. The van der Waals surface area contributed by atoms with Crippen LogP contribution < -0.4 is 0 Å². The van der Waals surface area contributed by atoms with Crippen LogP contribution in [0, 0.1) is 5.92 Å². The van der Waals surface area contributed by atoms with Gasteiger partial charge in [-0.05, 0) is 42.4 Å². The van der Waals surface area contributed by atoms with E-state index in [-0.39, 0.29) is 0 Å². The Morgan fingerprint density at radius 1 is 1.21 bits per heavy atom. The van der Waals surface area contributed by atoms with E-state index in [0.717, 1.165) is 5.92 Å². The van der Waals surface area contributed by atoms with Gasteiger partial charge in [0.25, 0.3) is 0 Å². The van der Waals surface area contributed by atoms with Crippen molar-refractivity contribution in [1.29, 1.82) is 0 Å². The van der Waals surface area contributed by atoms with E-state index < -0.39 is 0 Å². The van der Waals surface area contributed by atoms with E-state index in [0.29, 0.717) is 5.75 Å². The first kappa shape index (κ1) is 11.4. The Kier molecular flexibility index (Phi) is 4.88. The lowest BCUT2D eigenvalue weighted by atomic mass is 10.1. The van der Waals surface area contributed by atoms with E-state index in [1.54, 1.807) is 12.1 Å². The van der Waals surface area contributed by atoms with Gasteiger partial charge in [-0.25, -0.2) is 0 Å². The van der Waals surface area contributed by atoms with E-state index in [9.17, 15) is 0 Å². The van der Waals surface area contributed by atoms with Gasteiger partial charge in [0.1, 0.15) is 5.75 Å². The molecule has 0 unspecified atom stereocenters. The summed E-state index contributed by atoms with van der Waals surface area (Å²) in [5.74, 6) is 2.31. The van der Waals surface area contributed by atoms with Crippen LogP contribution in [0.2, 0.25) is 0 Å². The summed E-state index contributed by atoms with van der Waals surface area (Å²) in [6, 6.07) is 7.42. The summed E-state index contributed by atoms with van der Waals surface area (Å²) in [6.45, 7) is 4.51. The Balaban J connectivity index is 2.21. The second-order valence-corrected chi connectivity index (χ2v) is 5.05. The monoisotopic (exact) mass is 210 g/mol. The maximum Gasteiger partial charge on any atom is 0.115 e. The number of hydrogen-bond acceptors (Lipinski definition) is 2. The van der Waals surface area contributed by atoms with Crippen LogP contribution in [0.4, 0.5) is 0 Å². The second-order valence-electron chi connectivity index (χ2n) is 3.88. The van der Waals surface area contributed by atoms with Crippen LogP contribution in [0.25, 0.3) is 0 Å². The summed E-state index contributed by atoms with van der Waals surface area (Å²) in [5, 5.41) is 9.09. The molecule has 0 aliphatic carbocycles. The summed E-state index contributed by atoms with van der Waals surface area (Å²) < 4.78 is 0. The highest BCUT2D eigenvalue weighted by molar-refractivity contribution is 7.99. The van der Waals surface area contributed by atoms with Gasteiger partial charge in [-0.1, -0.05) is 20.3 Å².